The highest BCUT2D eigenvalue weighted by molar-refractivity contribution is 5.87. The minimum Gasteiger partial charge on any atom is -0.352 e. The van der Waals surface area contributed by atoms with Gasteiger partial charge in [-0.1, -0.05) is 56.5 Å². The van der Waals surface area contributed by atoms with Crippen molar-refractivity contribution in [3.63, 3.8) is 0 Å². The summed E-state index contributed by atoms with van der Waals surface area (Å²) in [5, 5.41) is 3.17. The number of benzene rings is 1. The third kappa shape index (κ3) is 5.58. The summed E-state index contributed by atoms with van der Waals surface area (Å²) in [6.45, 7) is 6.53. The van der Waals surface area contributed by atoms with Gasteiger partial charge in [0.05, 0.1) is 0 Å². The Balaban J connectivity index is 2.15. The van der Waals surface area contributed by atoms with Crippen LogP contribution in [0.3, 0.4) is 0 Å². The lowest BCUT2D eigenvalue weighted by Crippen LogP contribution is -2.50. The fraction of sp³-hybridized carbons (Fsp3) is 0.619. The van der Waals surface area contributed by atoms with Crippen molar-refractivity contribution < 1.29 is 9.59 Å². The monoisotopic (exact) mass is 344 g/mol. The summed E-state index contributed by atoms with van der Waals surface area (Å²) in [5.41, 5.74) is 2.25. The fourth-order valence-electron chi connectivity index (χ4n) is 3.65. The molecule has 0 aromatic heterocycles. The lowest BCUT2D eigenvalue weighted by molar-refractivity contribution is -0.141. The van der Waals surface area contributed by atoms with Crippen LogP contribution in [0, 0.1) is 6.92 Å². The molecule has 0 radical (unpaired) electrons. The van der Waals surface area contributed by atoms with E-state index in [9.17, 15) is 9.59 Å². The number of nitrogens with zero attached hydrogens (tertiary/aromatic N) is 1. The highest BCUT2D eigenvalue weighted by atomic mass is 16.2. The SMILES string of the molecule is CCCC(=O)N(Cc1cccc(C)c1)[C@@H](CC)C(=O)NC1CCCC1. The molecule has 0 heterocycles. The molecule has 4 heteroatoms. The Bertz CT molecular complexity index is 579. The van der Waals surface area contributed by atoms with Crippen LogP contribution in [0.15, 0.2) is 24.3 Å². The number of nitrogens with one attached hydrogen (secondary N) is 1. The first-order valence-electron chi connectivity index (χ1n) is 9.70. The van der Waals surface area contributed by atoms with Gasteiger partial charge in [0.2, 0.25) is 11.8 Å². The van der Waals surface area contributed by atoms with Gasteiger partial charge in [-0.15, -0.1) is 0 Å². The topological polar surface area (TPSA) is 49.4 Å². The summed E-state index contributed by atoms with van der Waals surface area (Å²) in [7, 11) is 0. The second-order valence-corrected chi connectivity index (χ2v) is 7.17. The van der Waals surface area contributed by atoms with E-state index in [0.717, 1.165) is 24.8 Å². The summed E-state index contributed by atoms with van der Waals surface area (Å²) >= 11 is 0. The summed E-state index contributed by atoms with van der Waals surface area (Å²) in [6, 6.07) is 8.07. The van der Waals surface area contributed by atoms with E-state index in [1.807, 2.05) is 39.0 Å². The molecule has 0 aliphatic heterocycles. The molecule has 2 rings (SSSR count). The Labute approximate surface area is 152 Å². The van der Waals surface area contributed by atoms with Crippen LogP contribution in [0.25, 0.3) is 0 Å². The molecule has 1 fully saturated rings. The molecule has 138 valence electrons. The largest absolute Gasteiger partial charge is 0.352 e. The number of carbonyl (C=O) groups excluding carboxylic acids is 2. The van der Waals surface area contributed by atoms with Gasteiger partial charge in [-0.3, -0.25) is 9.59 Å². The van der Waals surface area contributed by atoms with Crippen molar-refractivity contribution in [3.05, 3.63) is 35.4 Å². The number of carbonyl (C=O) groups is 2. The van der Waals surface area contributed by atoms with Gasteiger partial charge in [-0.2, -0.15) is 0 Å². The van der Waals surface area contributed by atoms with Crippen LogP contribution in [0.2, 0.25) is 0 Å². The zero-order valence-corrected chi connectivity index (χ0v) is 15.9. The Kier molecular flexibility index (Phi) is 7.48. The van der Waals surface area contributed by atoms with Crippen molar-refractivity contribution in [3.8, 4) is 0 Å². The van der Waals surface area contributed by atoms with E-state index < -0.39 is 0 Å². The summed E-state index contributed by atoms with van der Waals surface area (Å²) in [6.07, 6.45) is 6.40. The van der Waals surface area contributed by atoms with Crippen molar-refractivity contribution in [2.45, 2.75) is 84.3 Å². The molecule has 1 saturated carbocycles. The Hall–Kier alpha value is -1.84. The highest BCUT2D eigenvalue weighted by Gasteiger charge is 2.30. The molecule has 1 aromatic rings. The minimum absolute atomic E-state index is 0.00602. The fourth-order valence-corrected chi connectivity index (χ4v) is 3.65. The van der Waals surface area contributed by atoms with E-state index in [-0.39, 0.29) is 23.9 Å². The molecule has 4 nitrogen and oxygen atoms in total. The molecular formula is C21H32N2O2. The molecule has 0 saturated heterocycles. The Morgan fingerprint density at radius 2 is 1.96 bits per heavy atom. The molecule has 2 amide bonds. The average molecular weight is 344 g/mol. The molecule has 0 spiro atoms. The van der Waals surface area contributed by atoms with Crippen molar-refractivity contribution in [2.24, 2.45) is 0 Å². The van der Waals surface area contributed by atoms with E-state index in [1.54, 1.807) is 4.90 Å². The van der Waals surface area contributed by atoms with Gasteiger partial charge in [-0.25, -0.2) is 0 Å². The number of hydrogen-bond donors (Lipinski definition) is 1. The predicted octanol–water partition coefficient (Wildman–Crippen LogP) is 3.96. The van der Waals surface area contributed by atoms with Crippen molar-refractivity contribution >= 4 is 11.8 Å². The van der Waals surface area contributed by atoms with E-state index in [4.69, 9.17) is 0 Å². The van der Waals surface area contributed by atoms with E-state index >= 15 is 0 Å². The first kappa shape index (κ1) is 19.5. The van der Waals surface area contributed by atoms with E-state index in [2.05, 4.69) is 11.4 Å². The van der Waals surface area contributed by atoms with E-state index in [0.29, 0.717) is 19.4 Å². The van der Waals surface area contributed by atoms with Gasteiger partial charge in [0.1, 0.15) is 6.04 Å². The van der Waals surface area contributed by atoms with E-state index in [1.165, 1.54) is 18.4 Å². The van der Waals surface area contributed by atoms with Gasteiger partial charge >= 0.3 is 0 Å². The molecule has 1 N–H and O–H groups in total. The maximum Gasteiger partial charge on any atom is 0.243 e. The number of aryl methyl sites for hydroxylation is 1. The molecule has 1 aliphatic rings. The maximum atomic E-state index is 12.8. The van der Waals surface area contributed by atoms with Crippen molar-refractivity contribution in [2.75, 3.05) is 0 Å². The summed E-state index contributed by atoms with van der Waals surface area (Å²) in [4.78, 5) is 27.3. The van der Waals surface area contributed by atoms with Gasteiger partial charge in [0.25, 0.3) is 0 Å². The maximum absolute atomic E-state index is 12.8. The lowest BCUT2D eigenvalue weighted by Gasteiger charge is -2.31. The van der Waals surface area contributed by atoms with Crippen LogP contribution in [0.5, 0.6) is 0 Å². The Morgan fingerprint density at radius 1 is 1.24 bits per heavy atom. The van der Waals surface area contributed by atoms with Gasteiger partial charge in [0, 0.05) is 19.0 Å². The quantitative estimate of drug-likeness (QED) is 0.776. The second-order valence-electron chi connectivity index (χ2n) is 7.17. The van der Waals surface area contributed by atoms with Crippen LogP contribution in [-0.4, -0.2) is 28.8 Å². The van der Waals surface area contributed by atoms with Gasteiger partial charge in [-0.05, 0) is 38.2 Å². The standard InChI is InChI=1S/C21H32N2O2/c1-4-9-20(24)23(15-17-11-8-10-16(3)14-17)19(5-2)21(25)22-18-12-6-7-13-18/h8,10-11,14,18-19H,4-7,9,12-13,15H2,1-3H3,(H,22,25)/t19-/m0/s1. The van der Waals surface area contributed by atoms with Crippen molar-refractivity contribution in [1.29, 1.82) is 0 Å². The van der Waals surface area contributed by atoms with Crippen molar-refractivity contribution in [1.82, 2.24) is 10.2 Å². The molecular weight excluding hydrogens is 312 g/mol. The summed E-state index contributed by atoms with van der Waals surface area (Å²) < 4.78 is 0. The van der Waals surface area contributed by atoms with Crippen LogP contribution in [-0.2, 0) is 16.1 Å². The second kappa shape index (κ2) is 9.59. The summed E-state index contributed by atoms with van der Waals surface area (Å²) in [5.74, 6) is 0.0731. The normalized spacial score (nSPS) is 15.8. The average Bonchev–Trinajstić information content (AvgIpc) is 3.08. The molecule has 1 atom stereocenters. The lowest BCUT2D eigenvalue weighted by atomic mass is 10.1. The first-order chi connectivity index (χ1) is 12.0. The predicted molar refractivity (Wildman–Crippen MR) is 101 cm³/mol. The molecule has 1 aliphatic carbocycles. The molecule has 0 bridgehead atoms. The van der Waals surface area contributed by atoms with Crippen LogP contribution >= 0.6 is 0 Å². The smallest absolute Gasteiger partial charge is 0.243 e. The highest BCUT2D eigenvalue weighted by Crippen LogP contribution is 2.20. The number of hydrogen-bond acceptors (Lipinski definition) is 2. The van der Waals surface area contributed by atoms with Crippen LogP contribution < -0.4 is 5.32 Å². The Morgan fingerprint density at radius 3 is 2.56 bits per heavy atom. The molecule has 25 heavy (non-hydrogen) atoms. The number of amides is 2. The zero-order valence-electron chi connectivity index (χ0n) is 15.9. The van der Waals surface area contributed by atoms with Crippen LogP contribution in [0.4, 0.5) is 0 Å². The van der Waals surface area contributed by atoms with Crippen LogP contribution in [0.1, 0.15) is 69.9 Å². The number of rotatable bonds is 8. The van der Waals surface area contributed by atoms with Gasteiger partial charge in [0.15, 0.2) is 0 Å². The first-order valence-corrected chi connectivity index (χ1v) is 9.70. The third-order valence-corrected chi connectivity index (χ3v) is 4.99. The molecule has 1 aromatic carbocycles. The van der Waals surface area contributed by atoms with Gasteiger partial charge < -0.3 is 10.2 Å². The minimum atomic E-state index is -0.389. The zero-order chi connectivity index (χ0) is 18.2. The molecule has 0 unspecified atom stereocenters. The third-order valence-electron chi connectivity index (χ3n) is 4.99.